The largest absolute Gasteiger partial charge is 0.497 e. The van der Waals surface area contributed by atoms with E-state index in [0.29, 0.717) is 29.2 Å². The van der Waals surface area contributed by atoms with Crippen LogP contribution >= 0.6 is 0 Å². The molecule has 8 heteroatoms. The summed E-state index contributed by atoms with van der Waals surface area (Å²) in [7, 11) is 1.58. The molecule has 41 heavy (non-hydrogen) atoms. The van der Waals surface area contributed by atoms with Crippen LogP contribution in [0.15, 0.2) is 109 Å². The van der Waals surface area contributed by atoms with Crippen molar-refractivity contribution in [1.82, 2.24) is 10.2 Å². The Labute approximate surface area is 238 Å². The first kappa shape index (κ1) is 27.5. The molecule has 2 amide bonds. The van der Waals surface area contributed by atoms with E-state index in [2.05, 4.69) is 5.32 Å². The van der Waals surface area contributed by atoms with Gasteiger partial charge in [-0.25, -0.2) is 4.79 Å². The van der Waals surface area contributed by atoms with Crippen molar-refractivity contribution in [3.63, 3.8) is 0 Å². The van der Waals surface area contributed by atoms with Gasteiger partial charge in [-0.2, -0.15) is 0 Å². The first-order chi connectivity index (χ1) is 20.0. The van der Waals surface area contributed by atoms with Gasteiger partial charge < -0.3 is 24.4 Å². The maximum atomic E-state index is 13.4. The maximum Gasteiger partial charge on any atom is 0.333 e. The van der Waals surface area contributed by atoms with Gasteiger partial charge in [0, 0.05) is 5.56 Å². The van der Waals surface area contributed by atoms with E-state index >= 15 is 0 Å². The van der Waals surface area contributed by atoms with Crippen molar-refractivity contribution >= 4 is 17.8 Å². The van der Waals surface area contributed by atoms with E-state index < -0.39 is 18.1 Å². The monoisotopic (exact) mass is 550 g/mol. The molecule has 4 aromatic carbocycles. The molecular weight excluding hydrogens is 520 g/mol. The van der Waals surface area contributed by atoms with Crippen LogP contribution in [-0.2, 0) is 27.5 Å². The van der Waals surface area contributed by atoms with Crippen molar-refractivity contribution in [2.45, 2.75) is 25.3 Å². The van der Waals surface area contributed by atoms with E-state index in [-0.39, 0.29) is 25.0 Å². The summed E-state index contributed by atoms with van der Waals surface area (Å²) in [5.41, 5.74) is 2.86. The van der Waals surface area contributed by atoms with Gasteiger partial charge in [-0.15, -0.1) is 0 Å². The van der Waals surface area contributed by atoms with Crippen LogP contribution in [-0.4, -0.2) is 42.4 Å². The van der Waals surface area contributed by atoms with Gasteiger partial charge in [0.05, 0.1) is 13.7 Å². The standard InChI is InChI=1S/C33H30N2O6/c1-39-27-16-12-24(13-17-27)22-41-33(38)30(25-14-18-28(19-15-25)40-21-23-8-4-2-5-9-23)35-20-29(32(35)37)34-31(36)26-10-6-3-7-11-26/h2-19,29-30H,20-22H2,1H3,(H,34,36). The van der Waals surface area contributed by atoms with E-state index in [1.54, 1.807) is 67.8 Å². The van der Waals surface area contributed by atoms with Crippen molar-refractivity contribution in [1.29, 1.82) is 0 Å². The highest BCUT2D eigenvalue weighted by Crippen LogP contribution is 2.30. The van der Waals surface area contributed by atoms with Crippen LogP contribution in [0.3, 0.4) is 0 Å². The molecule has 5 rings (SSSR count). The SMILES string of the molecule is COc1ccc(COC(=O)C(c2ccc(OCc3ccccc3)cc2)N2CC(NC(=O)c3ccccc3)C2=O)cc1. The lowest BCUT2D eigenvalue weighted by atomic mass is 9.97. The third-order valence-electron chi connectivity index (χ3n) is 6.82. The molecule has 4 aromatic rings. The number of likely N-dealkylation sites (tertiary alicyclic amines) is 1. The number of nitrogens with one attached hydrogen (secondary N) is 1. The Morgan fingerprint density at radius 3 is 2.05 bits per heavy atom. The van der Waals surface area contributed by atoms with Crippen molar-refractivity contribution in [2.75, 3.05) is 13.7 Å². The van der Waals surface area contributed by atoms with Gasteiger partial charge in [0.15, 0.2) is 6.04 Å². The van der Waals surface area contributed by atoms with Gasteiger partial charge in [0.2, 0.25) is 5.91 Å². The lowest BCUT2D eigenvalue weighted by molar-refractivity contribution is -0.163. The van der Waals surface area contributed by atoms with Crippen molar-refractivity contribution in [2.24, 2.45) is 0 Å². The molecule has 2 unspecified atom stereocenters. The second-order valence-corrected chi connectivity index (χ2v) is 9.58. The fraction of sp³-hybridized carbons (Fsp3) is 0.182. The highest BCUT2D eigenvalue weighted by molar-refractivity contribution is 6.00. The number of methoxy groups -OCH3 is 1. The molecule has 0 spiro atoms. The highest BCUT2D eigenvalue weighted by atomic mass is 16.5. The number of β-lactam (4-membered cyclic amide) rings is 1. The Bertz CT molecular complexity index is 1470. The van der Waals surface area contributed by atoms with Crippen LogP contribution in [0.2, 0.25) is 0 Å². The van der Waals surface area contributed by atoms with Gasteiger partial charge in [0.1, 0.15) is 30.8 Å². The molecular formula is C33H30N2O6. The normalized spacial score (nSPS) is 14.9. The molecule has 0 radical (unpaired) electrons. The number of esters is 1. The Morgan fingerprint density at radius 1 is 0.805 bits per heavy atom. The molecule has 1 N–H and O–H groups in total. The molecule has 208 valence electrons. The quantitative estimate of drug-likeness (QED) is 0.215. The summed E-state index contributed by atoms with van der Waals surface area (Å²) in [4.78, 5) is 40.6. The van der Waals surface area contributed by atoms with Gasteiger partial charge >= 0.3 is 5.97 Å². The van der Waals surface area contributed by atoms with Crippen molar-refractivity contribution < 1.29 is 28.6 Å². The summed E-state index contributed by atoms with van der Waals surface area (Å²) in [6.45, 7) is 0.612. The molecule has 0 saturated carbocycles. The molecule has 8 nitrogen and oxygen atoms in total. The summed E-state index contributed by atoms with van der Waals surface area (Å²) in [6, 6.07) is 31.0. The zero-order valence-corrected chi connectivity index (χ0v) is 22.6. The second-order valence-electron chi connectivity index (χ2n) is 9.58. The van der Waals surface area contributed by atoms with E-state index in [0.717, 1.165) is 11.1 Å². The van der Waals surface area contributed by atoms with Crippen molar-refractivity contribution in [3.8, 4) is 11.5 Å². The Hall–Kier alpha value is -5.11. The molecule has 0 bridgehead atoms. The second kappa shape index (κ2) is 12.8. The summed E-state index contributed by atoms with van der Waals surface area (Å²) in [6.07, 6.45) is 0. The molecule has 1 aliphatic heterocycles. The third-order valence-corrected chi connectivity index (χ3v) is 6.82. The smallest absolute Gasteiger partial charge is 0.333 e. The van der Waals surface area contributed by atoms with Crippen LogP contribution in [0.4, 0.5) is 0 Å². The number of nitrogens with zero attached hydrogens (tertiary/aromatic N) is 1. The van der Waals surface area contributed by atoms with Crippen molar-refractivity contribution in [3.05, 3.63) is 131 Å². The number of ether oxygens (including phenoxy) is 3. The Morgan fingerprint density at radius 2 is 1.41 bits per heavy atom. The highest BCUT2D eigenvalue weighted by Gasteiger charge is 2.45. The van der Waals surface area contributed by atoms with Gasteiger partial charge in [-0.05, 0) is 53.1 Å². The minimum absolute atomic E-state index is 0.0355. The van der Waals surface area contributed by atoms with Crippen LogP contribution < -0.4 is 14.8 Å². The summed E-state index contributed by atoms with van der Waals surface area (Å²) in [5.74, 6) is 0.0559. The Kier molecular flexibility index (Phi) is 8.59. The first-order valence-corrected chi connectivity index (χ1v) is 13.2. The average molecular weight is 551 g/mol. The Balaban J connectivity index is 1.28. The van der Waals surface area contributed by atoms with E-state index in [1.165, 1.54) is 4.90 Å². The van der Waals surface area contributed by atoms with Crippen LogP contribution in [0.25, 0.3) is 0 Å². The van der Waals surface area contributed by atoms with Crippen LogP contribution in [0.5, 0.6) is 11.5 Å². The number of carbonyl (C=O) groups is 3. The summed E-state index contributed by atoms with van der Waals surface area (Å²) < 4.78 is 16.7. The lowest BCUT2D eigenvalue weighted by Gasteiger charge is -2.42. The number of rotatable bonds is 11. The molecule has 1 saturated heterocycles. The molecule has 1 fully saturated rings. The zero-order valence-electron chi connectivity index (χ0n) is 22.6. The van der Waals surface area contributed by atoms with E-state index in [4.69, 9.17) is 14.2 Å². The van der Waals surface area contributed by atoms with Gasteiger partial charge in [-0.1, -0.05) is 72.8 Å². The fourth-order valence-corrected chi connectivity index (χ4v) is 4.51. The molecule has 1 aliphatic rings. The van der Waals surface area contributed by atoms with E-state index in [9.17, 15) is 14.4 Å². The van der Waals surface area contributed by atoms with E-state index in [1.807, 2.05) is 48.5 Å². The number of hydrogen-bond donors (Lipinski definition) is 1. The van der Waals surface area contributed by atoms with Gasteiger partial charge in [-0.3, -0.25) is 9.59 Å². The lowest BCUT2D eigenvalue weighted by Crippen LogP contribution is -2.65. The van der Waals surface area contributed by atoms with Gasteiger partial charge in [0.25, 0.3) is 5.91 Å². The van der Waals surface area contributed by atoms with Crippen LogP contribution in [0.1, 0.15) is 33.1 Å². The predicted molar refractivity (Wildman–Crippen MR) is 152 cm³/mol. The third kappa shape index (κ3) is 6.73. The fourth-order valence-electron chi connectivity index (χ4n) is 4.51. The minimum atomic E-state index is -0.978. The zero-order chi connectivity index (χ0) is 28.6. The molecule has 0 aromatic heterocycles. The number of benzene rings is 4. The predicted octanol–water partition coefficient (Wildman–Crippen LogP) is 4.70. The number of hydrogen-bond acceptors (Lipinski definition) is 6. The summed E-state index contributed by atoms with van der Waals surface area (Å²) in [5, 5.41) is 2.75. The topological polar surface area (TPSA) is 94.2 Å². The maximum absolute atomic E-state index is 13.4. The summed E-state index contributed by atoms with van der Waals surface area (Å²) >= 11 is 0. The molecule has 1 heterocycles. The van der Waals surface area contributed by atoms with Crippen LogP contribution in [0, 0.1) is 0 Å². The molecule has 2 atom stereocenters. The first-order valence-electron chi connectivity index (χ1n) is 13.2. The minimum Gasteiger partial charge on any atom is -0.497 e. The molecule has 0 aliphatic carbocycles. The number of carbonyl (C=O) groups excluding carboxylic acids is 3. The average Bonchev–Trinajstić information content (AvgIpc) is 3.03. The number of amides is 2.